The topological polar surface area (TPSA) is 55.4 Å². The van der Waals surface area contributed by atoms with Gasteiger partial charge in [-0.25, -0.2) is 13.1 Å². The molecule has 0 radical (unpaired) electrons. The van der Waals surface area contributed by atoms with E-state index in [1.807, 2.05) is 6.92 Å². The zero-order valence-corrected chi connectivity index (χ0v) is 13.4. The molecule has 2 aliphatic carbocycles. The van der Waals surface area contributed by atoms with E-state index in [9.17, 15) is 8.42 Å². The van der Waals surface area contributed by atoms with E-state index in [1.54, 1.807) is 31.4 Å². The number of sulfonamides is 1. The van der Waals surface area contributed by atoms with Crippen molar-refractivity contribution in [2.24, 2.45) is 17.8 Å². The van der Waals surface area contributed by atoms with Gasteiger partial charge < -0.3 is 4.74 Å². The van der Waals surface area contributed by atoms with Crippen LogP contribution in [0.25, 0.3) is 0 Å². The van der Waals surface area contributed by atoms with Crippen molar-refractivity contribution in [1.82, 2.24) is 4.72 Å². The molecule has 0 aliphatic heterocycles. The van der Waals surface area contributed by atoms with Crippen molar-refractivity contribution >= 4 is 10.0 Å². The second-order valence-corrected chi connectivity index (χ2v) is 8.14. The average Bonchev–Trinajstić information content (AvgIpc) is 3.09. The normalized spacial score (nSPS) is 29.5. The molecule has 0 heterocycles. The maximum absolute atomic E-state index is 12.5. The highest BCUT2D eigenvalue weighted by Gasteiger charge is 2.42. The Balaban J connectivity index is 1.70. The highest BCUT2D eigenvalue weighted by Crippen LogP contribution is 2.49. The second-order valence-electron chi connectivity index (χ2n) is 6.42. The van der Waals surface area contributed by atoms with Crippen LogP contribution in [0.4, 0.5) is 0 Å². The summed E-state index contributed by atoms with van der Waals surface area (Å²) in [4.78, 5) is 0.304. The SMILES string of the molecule is COc1ccc(S(=O)(=O)NC(C)C2CC3CCC2C3)cc1. The van der Waals surface area contributed by atoms with E-state index in [0.717, 1.165) is 5.92 Å². The van der Waals surface area contributed by atoms with Crippen LogP contribution in [0.2, 0.25) is 0 Å². The minimum atomic E-state index is -3.44. The van der Waals surface area contributed by atoms with Crippen LogP contribution in [0.5, 0.6) is 5.75 Å². The second kappa shape index (κ2) is 5.61. The van der Waals surface area contributed by atoms with Gasteiger partial charge in [0.15, 0.2) is 0 Å². The third kappa shape index (κ3) is 2.94. The lowest BCUT2D eigenvalue weighted by molar-refractivity contribution is 0.280. The van der Waals surface area contributed by atoms with Crippen LogP contribution >= 0.6 is 0 Å². The fraction of sp³-hybridized carbons (Fsp3) is 0.625. The van der Waals surface area contributed by atoms with E-state index in [0.29, 0.717) is 22.5 Å². The van der Waals surface area contributed by atoms with E-state index >= 15 is 0 Å². The zero-order valence-electron chi connectivity index (χ0n) is 12.6. The van der Waals surface area contributed by atoms with Crippen LogP contribution in [0, 0.1) is 17.8 Å². The van der Waals surface area contributed by atoms with Crippen molar-refractivity contribution < 1.29 is 13.2 Å². The van der Waals surface area contributed by atoms with Crippen LogP contribution in [0.1, 0.15) is 32.6 Å². The van der Waals surface area contributed by atoms with Gasteiger partial charge in [0.1, 0.15) is 5.75 Å². The van der Waals surface area contributed by atoms with Crippen molar-refractivity contribution in [2.45, 2.75) is 43.5 Å². The molecular formula is C16H23NO3S. The molecule has 2 aliphatic rings. The molecule has 5 heteroatoms. The fourth-order valence-electron chi connectivity index (χ4n) is 4.06. The number of nitrogens with one attached hydrogen (secondary N) is 1. The van der Waals surface area contributed by atoms with E-state index in [1.165, 1.54) is 25.7 Å². The molecule has 3 rings (SSSR count). The molecule has 4 nitrogen and oxygen atoms in total. The van der Waals surface area contributed by atoms with Crippen LogP contribution in [-0.2, 0) is 10.0 Å². The quantitative estimate of drug-likeness (QED) is 0.910. The van der Waals surface area contributed by atoms with Crippen LogP contribution < -0.4 is 9.46 Å². The van der Waals surface area contributed by atoms with Gasteiger partial charge in [-0.05, 0) is 68.2 Å². The van der Waals surface area contributed by atoms with Crippen molar-refractivity contribution in [3.63, 3.8) is 0 Å². The van der Waals surface area contributed by atoms with Gasteiger partial charge >= 0.3 is 0 Å². The standard InChI is InChI=1S/C16H23NO3S/c1-11(16-10-12-3-4-13(16)9-12)17-21(18,19)15-7-5-14(20-2)6-8-15/h5-8,11-13,16-17H,3-4,9-10H2,1-2H3. The van der Waals surface area contributed by atoms with Gasteiger partial charge in [0.05, 0.1) is 12.0 Å². The predicted molar refractivity (Wildman–Crippen MR) is 81.7 cm³/mol. The van der Waals surface area contributed by atoms with Gasteiger partial charge in [-0.3, -0.25) is 0 Å². The van der Waals surface area contributed by atoms with Gasteiger partial charge in [-0.1, -0.05) is 6.42 Å². The summed E-state index contributed by atoms with van der Waals surface area (Å²) in [5.41, 5.74) is 0. The Bertz CT molecular complexity index is 596. The molecule has 116 valence electrons. The molecule has 4 atom stereocenters. The van der Waals surface area contributed by atoms with Gasteiger partial charge in [0, 0.05) is 6.04 Å². The van der Waals surface area contributed by atoms with Crippen molar-refractivity contribution in [3.05, 3.63) is 24.3 Å². The zero-order chi connectivity index (χ0) is 15.0. The smallest absolute Gasteiger partial charge is 0.240 e. The molecule has 0 spiro atoms. The predicted octanol–water partition coefficient (Wildman–Crippen LogP) is 2.80. The average molecular weight is 309 g/mol. The monoisotopic (exact) mass is 309 g/mol. The van der Waals surface area contributed by atoms with Crippen LogP contribution in [0.15, 0.2) is 29.2 Å². The molecule has 1 aromatic rings. The van der Waals surface area contributed by atoms with E-state index < -0.39 is 10.0 Å². The Morgan fingerprint density at radius 2 is 1.90 bits per heavy atom. The molecule has 2 bridgehead atoms. The third-order valence-corrected chi connectivity index (χ3v) is 6.72. The molecular weight excluding hydrogens is 286 g/mol. The lowest BCUT2D eigenvalue weighted by atomic mass is 9.84. The van der Waals surface area contributed by atoms with Crippen LogP contribution in [-0.4, -0.2) is 21.6 Å². The number of fused-ring (bicyclic) bond motifs is 2. The first-order valence-electron chi connectivity index (χ1n) is 7.66. The Labute approximate surface area is 126 Å². The first kappa shape index (κ1) is 14.9. The molecule has 21 heavy (non-hydrogen) atoms. The molecule has 1 aromatic carbocycles. The number of ether oxygens (including phenoxy) is 1. The van der Waals surface area contributed by atoms with Crippen LogP contribution in [0.3, 0.4) is 0 Å². The lowest BCUT2D eigenvalue weighted by Crippen LogP contribution is -2.40. The summed E-state index contributed by atoms with van der Waals surface area (Å²) in [6.45, 7) is 2.01. The molecule has 1 N–H and O–H groups in total. The summed E-state index contributed by atoms with van der Waals surface area (Å²) in [7, 11) is -1.88. The van der Waals surface area contributed by atoms with Gasteiger partial charge in [0.25, 0.3) is 0 Å². The summed E-state index contributed by atoms with van der Waals surface area (Å²) in [5.74, 6) is 2.70. The Hall–Kier alpha value is -1.07. The van der Waals surface area contributed by atoms with Gasteiger partial charge in [-0.2, -0.15) is 0 Å². The minimum absolute atomic E-state index is 0.00685. The summed E-state index contributed by atoms with van der Waals surface area (Å²) >= 11 is 0. The van der Waals surface area contributed by atoms with Crippen molar-refractivity contribution in [3.8, 4) is 5.75 Å². The number of hydrogen-bond donors (Lipinski definition) is 1. The maximum Gasteiger partial charge on any atom is 0.240 e. The van der Waals surface area contributed by atoms with E-state index in [2.05, 4.69) is 4.72 Å². The number of methoxy groups -OCH3 is 1. The largest absolute Gasteiger partial charge is 0.497 e. The highest BCUT2D eigenvalue weighted by molar-refractivity contribution is 7.89. The molecule has 0 saturated heterocycles. The Kier molecular flexibility index (Phi) is 3.97. The number of hydrogen-bond acceptors (Lipinski definition) is 3. The number of benzene rings is 1. The first-order chi connectivity index (χ1) is 9.99. The summed E-state index contributed by atoms with van der Waals surface area (Å²) in [6.07, 6.45) is 5.07. The van der Waals surface area contributed by atoms with E-state index in [-0.39, 0.29) is 6.04 Å². The summed E-state index contributed by atoms with van der Waals surface area (Å²) in [5, 5.41) is 0. The lowest BCUT2D eigenvalue weighted by Gasteiger charge is -2.28. The number of rotatable bonds is 5. The highest BCUT2D eigenvalue weighted by atomic mass is 32.2. The van der Waals surface area contributed by atoms with Crippen molar-refractivity contribution in [1.29, 1.82) is 0 Å². The van der Waals surface area contributed by atoms with Crippen molar-refractivity contribution in [2.75, 3.05) is 7.11 Å². The third-order valence-electron chi connectivity index (χ3n) is 5.15. The van der Waals surface area contributed by atoms with E-state index in [4.69, 9.17) is 4.74 Å². The Morgan fingerprint density at radius 3 is 2.43 bits per heavy atom. The first-order valence-corrected chi connectivity index (χ1v) is 9.14. The minimum Gasteiger partial charge on any atom is -0.497 e. The molecule has 2 fully saturated rings. The molecule has 0 amide bonds. The van der Waals surface area contributed by atoms with Gasteiger partial charge in [-0.15, -0.1) is 0 Å². The summed E-state index contributed by atoms with van der Waals surface area (Å²) in [6, 6.07) is 6.55. The maximum atomic E-state index is 12.5. The Morgan fingerprint density at radius 1 is 1.19 bits per heavy atom. The molecule has 4 unspecified atom stereocenters. The molecule has 0 aromatic heterocycles. The summed E-state index contributed by atoms with van der Waals surface area (Å²) < 4.78 is 32.8. The van der Waals surface area contributed by atoms with Gasteiger partial charge in [0.2, 0.25) is 10.0 Å². The molecule has 2 saturated carbocycles. The fourth-order valence-corrected chi connectivity index (χ4v) is 5.36.